The Balaban J connectivity index is 1.37. The standard InChI is InChI=1S/C17H24ClN3O2/c18-12-5-10-16(19-11-12)23-15-8-6-14(7-9-15)21-17(22)20-13-3-1-2-4-13/h5,10-11,13-15H,1-4,6-9H2,(H2,20,21,22). The monoisotopic (exact) mass is 337 g/mol. The van der Waals surface area contributed by atoms with Crippen LogP contribution < -0.4 is 15.4 Å². The van der Waals surface area contributed by atoms with Crippen molar-refractivity contribution in [1.29, 1.82) is 0 Å². The maximum absolute atomic E-state index is 12.0. The minimum atomic E-state index is -0.0133. The van der Waals surface area contributed by atoms with Crippen molar-refractivity contribution < 1.29 is 9.53 Å². The summed E-state index contributed by atoms with van der Waals surface area (Å²) < 4.78 is 5.87. The Hall–Kier alpha value is -1.49. The predicted octanol–water partition coefficient (Wildman–Crippen LogP) is 3.67. The van der Waals surface area contributed by atoms with Gasteiger partial charge in [0, 0.05) is 24.3 Å². The molecule has 5 nitrogen and oxygen atoms in total. The van der Waals surface area contributed by atoms with Crippen molar-refractivity contribution in [2.45, 2.75) is 69.6 Å². The van der Waals surface area contributed by atoms with E-state index in [4.69, 9.17) is 16.3 Å². The van der Waals surface area contributed by atoms with Gasteiger partial charge in [-0.25, -0.2) is 9.78 Å². The molecule has 23 heavy (non-hydrogen) atoms. The Labute approximate surface area is 142 Å². The van der Waals surface area contributed by atoms with Crippen LogP contribution in [0.2, 0.25) is 5.02 Å². The molecule has 6 heteroatoms. The molecule has 1 aromatic rings. The van der Waals surface area contributed by atoms with E-state index >= 15 is 0 Å². The number of amides is 2. The molecule has 0 unspecified atom stereocenters. The number of hydrogen-bond acceptors (Lipinski definition) is 3. The van der Waals surface area contributed by atoms with E-state index < -0.39 is 0 Å². The number of urea groups is 1. The van der Waals surface area contributed by atoms with Crippen molar-refractivity contribution in [1.82, 2.24) is 15.6 Å². The third kappa shape index (κ3) is 4.99. The van der Waals surface area contributed by atoms with Gasteiger partial charge in [-0.2, -0.15) is 0 Å². The molecule has 0 aromatic carbocycles. The number of aromatic nitrogens is 1. The largest absolute Gasteiger partial charge is 0.474 e. The Morgan fingerprint density at radius 3 is 2.30 bits per heavy atom. The SMILES string of the molecule is O=C(NC1CCCC1)NC1CCC(Oc2ccc(Cl)cn2)CC1. The van der Waals surface area contributed by atoms with E-state index in [1.165, 1.54) is 12.8 Å². The summed E-state index contributed by atoms with van der Waals surface area (Å²) in [6, 6.07) is 4.17. The number of halogens is 1. The smallest absolute Gasteiger partial charge is 0.315 e. The molecule has 1 heterocycles. The Morgan fingerprint density at radius 2 is 1.70 bits per heavy atom. The van der Waals surface area contributed by atoms with Crippen molar-refractivity contribution in [2.75, 3.05) is 0 Å². The maximum atomic E-state index is 12.0. The third-order valence-electron chi connectivity index (χ3n) is 4.69. The minimum Gasteiger partial charge on any atom is -0.474 e. The Morgan fingerprint density at radius 1 is 1.04 bits per heavy atom. The van der Waals surface area contributed by atoms with Crippen LogP contribution in [0.1, 0.15) is 51.4 Å². The van der Waals surface area contributed by atoms with Crippen LogP contribution in [0.3, 0.4) is 0 Å². The number of nitrogens with zero attached hydrogens (tertiary/aromatic N) is 1. The van der Waals surface area contributed by atoms with E-state index in [0.29, 0.717) is 16.9 Å². The minimum absolute atomic E-state index is 0.0133. The fourth-order valence-electron chi connectivity index (χ4n) is 3.41. The number of nitrogens with one attached hydrogen (secondary N) is 2. The summed E-state index contributed by atoms with van der Waals surface area (Å²) in [4.78, 5) is 16.2. The Bertz CT molecular complexity index is 509. The van der Waals surface area contributed by atoms with Gasteiger partial charge >= 0.3 is 6.03 Å². The first-order valence-corrected chi connectivity index (χ1v) is 8.92. The van der Waals surface area contributed by atoms with Crippen LogP contribution in [0.15, 0.2) is 18.3 Å². The van der Waals surface area contributed by atoms with Gasteiger partial charge in [-0.3, -0.25) is 0 Å². The first kappa shape index (κ1) is 16.4. The van der Waals surface area contributed by atoms with Gasteiger partial charge in [0.15, 0.2) is 0 Å². The average Bonchev–Trinajstić information content (AvgIpc) is 3.04. The molecule has 2 N–H and O–H groups in total. The fraction of sp³-hybridized carbons (Fsp3) is 0.647. The number of ether oxygens (including phenoxy) is 1. The van der Waals surface area contributed by atoms with Gasteiger partial charge in [0.2, 0.25) is 5.88 Å². The lowest BCUT2D eigenvalue weighted by Crippen LogP contribution is -2.47. The van der Waals surface area contributed by atoms with E-state index in [1.54, 1.807) is 18.3 Å². The molecule has 126 valence electrons. The summed E-state index contributed by atoms with van der Waals surface area (Å²) in [7, 11) is 0. The summed E-state index contributed by atoms with van der Waals surface area (Å²) >= 11 is 5.82. The Kier molecular flexibility index (Phi) is 5.60. The first-order chi connectivity index (χ1) is 11.2. The highest BCUT2D eigenvalue weighted by molar-refractivity contribution is 6.30. The van der Waals surface area contributed by atoms with E-state index in [0.717, 1.165) is 38.5 Å². The molecule has 2 fully saturated rings. The lowest BCUT2D eigenvalue weighted by molar-refractivity contribution is 0.134. The van der Waals surface area contributed by atoms with E-state index in [1.807, 2.05) is 0 Å². The van der Waals surface area contributed by atoms with Gasteiger partial charge in [0.05, 0.1) is 5.02 Å². The van der Waals surface area contributed by atoms with Gasteiger partial charge in [-0.15, -0.1) is 0 Å². The molecule has 2 amide bonds. The van der Waals surface area contributed by atoms with Crippen LogP contribution >= 0.6 is 11.6 Å². The highest BCUT2D eigenvalue weighted by Gasteiger charge is 2.25. The topological polar surface area (TPSA) is 63.2 Å². The molecular weight excluding hydrogens is 314 g/mol. The van der Waals surface area contributed by atoms with Crippen molar-refractivity contribution in [3.05, 3.63) is 23.4 Å². The lowest BCUT2D eigenvalue weighted by atomic mass is 9.93. The van der Waals surface area contributed by atoms with E-state index in [9.17, 15) is 4.79 Å². The van der Waals surface area contributed by atoms with Crippen LogP contribution in [-0.4, -0.2) is 29.2 Å². The second kappa shape index (κ2) is 7.86. The van der Waals surface area contributed by atoms with Crippen molar-refractivity contribution >= 4 is 17.6 Å². The third-order valence-corrected chi connectivity index (χ3v) is 4.91. The summed E-state index contributed by atoms with van der Waals surface area (Å²) in [5.41, 5.74) is 0. The second-order valence-corrected chi connectivity index (χ2v) is 6.94. The predicted molar refractivity (Wildman–Crippen MR) is 89.8 cm³/mol. The summed E-state index contributed by atoms with van der Waals surface area (Å²) in [5, 5.41) is 6.79. The number of carbonyl (C=O) groups is 1. The maximum Gasteiger partial charge on any atom is 0.315 e. The van der Waals surface area contributed by atoms with Crippen LogP contribution in [-0.2, 0) is 0 Å². The number of rotatable bonds is 4. The molecule has 2 saturated carbocycles. The zero-order valence-corrected chi connectivity index (χ0v) is 14.0. The zero-order valence-electron chi connectivity index (χ0n) is 13.3. The summed E-state index contributed by atoms with van der Waals surface area (Å²) in [6.07, 6.45) is 10.2. The van der Waals surface area contributed by atoms with E-state index in [-0.39, 0.29) is 18.2 Å². The van der Waals surface area contributed by atoms with Crippen LogP contribution in [0.5, 0.6) is 5.88 Å². The molecule has 3 rings (SSSR count). The molecule has 2 aliphatic rings. The number of hydrogen-bond donors (Lipinski definition) is 2. The van der Waals surface area contributed by atoms with Gasteiger partial charge in [0.1, 0.15) is 6.10 Å². The van der Waals surface area contributed by atoms with Crippen molar-refractivity contribution in [3.63, 3.8) is 0 Å². The highest BCUT2D eigenvalue weighted by Crippen LogP contribution is 2.23. The first-order valence-electron chi connectivity index (χ1n) is 8.54. The van der Waals surface area contributed by atoms with Crippen molar-refractivity contribution in [3.8, 4) is 5.88 Å². The normalized spacial score (nSPS) is 25.1. The molecule has 0 spiro atoms. The molecule has 2 aliphatic carbocycles. The lowest BCUT2D eigenvalue weighted by Gasteiger charge is -2.29. The van der Waals surface area contributed by atoms with Crippen LogP contribution in [0.25, 0.3) is 0 Å². The quantitative estimate of drug-likeness (QED) is 0.881. The average molecular weight is 338 g/mol. The molecule has 0 saturated heterocycles. The van der Waals surface area contributed by atoms with Gasteiger partial charge in [-0.05, 0) is 44.6 Å². The second-order valence-electron chi connectivity index (χ2n) is 6.51. The highest BCUT2D eigenvalue weighted by atomic mass is 35.5. The summed E-state index contributed by atoms with van der Waals surface area (Å²) in [5.74, 6) is 0.616. The van der Waals surface area contributed by atoms with Gasteiger partial charge in [-0.1, -0.05) is 24.4 Å². The number of pyridine rings is 1. The van der Waals surface area contributed by atoms with Crippen molar-refractivity contribution in [2.24, 2.45) is 0 Å². The fourth-order valence-corrected chi connectivity index (χ4v) is 3.52. The molecule has 0 aliphatic heterocycles. The molecule has 0 atom stereocenters. The number of carbonyl (C=O) groups excluding carboxylic acids is 1. The molecule has 1 aromatic heterocycles. The molecular formula is C17H24ClN3O2. The summed E-state index contributed by atoms with van der Waals surface area (Å²) in [6.45, 7) is 0. The molecule has 0 bridgehead atoms. The van der Waals surface area contributed by atoms with Crippen LogP contribution in [0.4, 0.5) is 4.79 Å². The van der Waals surface area contributed by atoms with Crippen LogP contribution in [0, 0.1) is 0 Å². The van der Waals surface area contributed by atoms with Gasteiger partial charge < -0.3 is 15.4 Å². The van der Waals surface area contributed by atoms with E-state index in [2.05, 4.69) is 15.6 Å². The zero-order chi connectivity index (χ0) is 16.1. The molecule has 0 radical (unpaired) electrons. The van der Waals surface area contributed by atoms with Gasteiger partial charge in [0.25, 0.3) is 0 Å².